The van der Waals surface area contributed by atoms with E-state index in [1.165, 1.54) is 0 Å². The van der Waals surface area contributed by atoms with Crippen LogP contribution in [0.3, 0.4) is 0 Å². The number of carbonyl (C=O) groups excluding carboxylic acids is 3. The van der Waals surface area contributed by atoms with Crippen LogP contribution in [0.4, 0.5) is 11.4 Å². The van der Waals surface area contributed by atoms with Gasteiger partial charge in [0.1, 0.15) is 0 Å². The lowest BCUT2D eigenvalue weighted by Crippen LogP contribution is -2.41. The van der Waals surface area contributed by atoms with E-state index in [0.717, 1.165) is 16.7 Å². The summed E-state index contributed by atoms with van der Waals surface area (Å²) in [5.41, 5.74) is 3.99. The van der Waals surface area contributed by atoms with Gasteiger partial charge in [-0.2, -0.15) is 0 Å². The van der Waals surface area contributed by atoms with E-state index in [1.54, 1.807) is 13.0 Å². The van der Waals surface area contributed by atoms with E-state index in [1.807, 2.05) is 55.1 Å². The molecule has 6 nitrogen and oxygen atoms in total. The number of aryl methyl sites for hydroxylation is 2. The van der Waals surface area contributed by atoms with E-state index in [4.69, 9.17) is 0 Å². The fourth-order valence-electron chi connectivity index (χ4n) is 3.65. The zero-order valence-electron chi connectivity index (χ0n) is 17.8. The minimum atomic E-state index is -0.140. The lowest BCUT2D eigenvalue weighted by Gasteiger charge is -2.32. The number of anilines is 2. The maximum Gasteiger partial charge on any atom is 0.254 e. The molecular weight excluding hydrogens is 378 g/mol. The molecule has 0 saturated carbocycles. The Labute approximate surface area is 177 Å². The van der Waals surface area contributed by atoms with Gasteiger partial charge in [0.25, 0.3) is 5.91 Å². The highest BCUT2D eigenvalue weighted by Gasteiger charge is 2.28. The normalized spacial score (nSPS) is 14.3. The number of hydrogen-bond acceptors (Lipinski definition) is 3. The number of rotatable bonds is 5. The number of nitrogens with zero attached hydrogens (tertiary/aromatic N) is 1. The van der Waals surface area contributed by atoms with Crippen LogP contribution >= 0.6 is 0 Å². The monoisotopic (exact) mass is 407 g/mol. The van der Waals surface area contributed by atoms with E-state index in [9.17, 15) is 14.4 Å². The molecular formula is C24H29N3O3. The Hall–Kier alpha value is -3.15. The number of benzene rings is 2. The fraction of sp³-hybridized carbons (Fsp3) is 0.375. The van der Waals surface area contributed by atoms with Gasteiger partial charge in [0.15, 0.2) is 0 Å². The Morgan fingerprint density at radius 2 is 1.67 bits per heavy atom. The number of carbonyl (C=O) groups is 3. The van der Waals surface area contributed by atoms with Gasteiger partial charge in [-0.15, -0.1) is 0 Å². The van der Waals surface area contributed by atoms with Crippen LogP contribution in [-0.2, 0) is 9.59 Å². The van der Waals surface area contributed by atoms with Crippen LogP contribution in [0.2, 0.25) is 0 Å². The summed E-state index contributed by atoms with van der Waals surface area (Å²) in [6.45, 7) is 6.79. The summed E-state index contributed by atoms with van der Waals surface area (Å²) in [4.78, 5) is 39.0. The van der Waals surface area contributed by atoms with Crippen LogP contribution in [-0.4, -0.2) is 35.7 Å². The van der Waals surface area contributed by atoms with Gasteiger partial charge in [-0.1, -0.05) is 31.2 Å². The van der Waals surface area contributed by atoms with E-state index in [-0.39, 0.29) is 23.6 Å². The second-order valence-corrected chi connectivity index (χ2v) is 7.80. The number of nitrogens with one attached hydrogen (secondary N) is 2. The van der Waals surface area contributed by atoms with Gasteiger partial charge in [-0.05, 0) is 56.0 Å². The predicted octanol–water partition coefficient (Wildman–Crippen LogP) is 4.14. The quantitative estimate of drug-likeness (QED) is 0.782. The van der Waals surface area contributed by atoms with Gasteiger partial charge in [-0.3, -0.25) is 14.4 Å². The largest absolute Gasteiger partial charge is 0.339 e. The zero-order valence-corrected chi connectivity index (χ0v) is 17.8. The molecule has 3 rings (SSSR count). The SMILES string of the molecule is CCC(=O)Nc1ccc(C)c(NC(=O)C2CCN(C(=O)c3ccccc3C)CC2)c1. The molecule has 1 aliphatic heterocycles. The van der Waals surface area contributed by atoms with Crippen molar-refractivity contribution in [3.05, 3.63) is 59.2 Å². The van der Waals surface area contributed by atoms with Crippen LogP contribution in [0.15, 0.2) is 42.5 Å². The predicted molar refractivity (Wildman–Crippen MR) is 119 cm³/mol. The molecule has 0 bridgehead atoms. The van der Waals surface area contributed by atoms with Gasteiger partial charge >= 0.3 is 0 Å². The smallest absolute Gasteiger partial charge is 0.254 e. The van der Waals surface area contributed by atoms with Crippen molar-refractivity contribution in [3.63, 3.8) is 0 Å². The molecule has 2 N–H and O–H groups in total. The molecule has 30 heavy (non-hydrogen) atoms. The first kappa shape index (κ1) is 21.6. The zero-order chi connectivity index (χ0) is 21.7. The molecule has 0 unspecified atom stereocenters. The van der Waals surface area contributed by atoms with Crippen molar-refractivity contribution in [2.75, 3.05) is 23.7 Å². The van der Waals surface area contributed by atoms with Crippen LogP contribution in [0.5, 0.6) is 0 Å². The summed E-state index contributed by atoms with van der Waals surface area (Å²) < 4.78 is 0. The maximum absolute atomic E-state index is 12.8. The van der Waals surface area contributed by atoms with Gasteiger partial charge in [0.05, 0.1) is 0 Å². The minimum absolute atomic E-state index is 0.0298. The lowest BCUT2D eigenvalue weighted by atomic mass is 9.94. The van der Waals surface area contributed by atoms with E-state index >= 15 is 0 Å². The summed E-state index contributed by atoms with van der Waals surface area (Å²) in [5, 5.41) is 5.82. The third kappa shape index (κ3) is 5.06. The van der Waals surface area contributed by atoms with Gasteiger partial charge < -0.3 is 15.5 Å². The van der Waals surface area contributed by atoms with Crippen molar-refractivity contribution in [3.8, 4) is 0 Å². The lowest BCUT2D eigenvalue weighted by molar-refractivity contribution is -0.121. The van der Waals surface area contributed by atoms with E-state index in [0.29, 0.717) is 43.7 Å². The van der Waals surface area contributed by atoms with Crippen LogP contribution in [0.1, 0.15) is 47.7 Å². The molecule has 3 amide bonds. The fourth-order valence-corrected chi connectivity index (χ4v) is 3.65. The number of likely N-dealkylation sites (tertiary alicyclic amines) is 1. The molecule has 2 aromatic carbocycles. The molecule has 2 aromatic rings. The highest BCUT2D eigenvalue weighted by Crippen LogP contribution is 2.25. The molecule has 0 aromatic heterocycles. The first-order chi connectivity index (χ1) is 14.4. The molecule has 0 spiro atoms. The molecule has 0 atom stereocenters. The molecule has 1 saturated heterocycles. The second-order valence-electron chi connectivity index (χ2n) is 7.80. The average Bonchev–Trinajstić information content (AvgIpc) is 2.76. The van der Waals surface area contributed by atoms with E-state index < -0.39 is 0 Å². The van der Waals surface area contributed by atoms with Gasteiger partial charge in [0.2, 0.25) is 11.8 Å². The number of amides is 3. The highest BCUT2D eigenvalue weighted by molar-refractivity contribution is 5.97. The summed E-state index contributed by atoms with van der Waals surface area (Å²) in [5.74, 6) is -0.219. The van der Waals surface area contributed by atoms with Crippen molar-refractivity contribution in [2.24, 2.45) is 5.92 Å². The second kappa shape index (κ2) is 9.57. The van der Waals surface area contributed by atoms with Crippen LogP contribution in [0.25, 0.3) is 0 Å². The van der Waals surface area contributed by atoms with Crippen molar-refractivity contribution < 1.29 is 14.4 Å². The van der Waals surface area contributed by atoms with Crippen molar-refractivity contribution >= 4 is 29.1 Å². The molecule has 1 fully saturated rings. The minimum Gasteiger partial charge on any atom is -0.339 e. The Bertz CT molecular complexity index is 946. The van der Waals surface area contributed by atoms with Crippen LogP contribution < -0.4 is 10.6 Å². The summed E-state index contributed by atoms with van der Waals surface area (Å²) in [7, 11) is 0. The molecule has 1 aliphatic rings. The standard InChI is InChI=1S/C24H29N3O3/c1-4-22(28)25-19-10-9-17(3)21(15-19)26-23(29)18-11-13-27(14-12-18)24(30)20-8-6-5-7-16(20)2/h5-10,15,18H,4,11-14H2,1-3H3,(H,25,28)(H,26,29). The summed E-state index contributed by atoms with van der Waals surface area (Å²) in [6, 6.07) is 13.1. The molecule has 0 radical (unpaired) electrons. The summed E-state index contributed by atoms with van der Waals surface area (Å²) >= 11 is 0. The number of piperidine rings is 1. The topological polar surface area (TPSA) is 78.5 Å². The third-order valence-electron chi connectivity index (χ3n) is 5.63. The van der Waals surface area contributed by atoms with Crippen LogP contribution in [0, 0.1) is 19.8 Å². The first-order valence-electron chi connectivity index (χ1n) is 10.4. The summed E-state index contributed by atoms with van der Waals surface area (Å²) in [6.07, 6.45) is 1.67. The van der Waals surface area contributed by atoms with Gasteiger partial charge in [-0.25, -0.2) is 0 Å². The van der Waals surface area contributed by atoms with Crippen molar-refractivity contribution in [2.45, 2.75) is 40.0 Å². The average molecular weight is 408 g/mol. The van der Waals surface area contributed by atoms with Crippen molar-refractivity contribution in [1.82, 2.24) is 4.90 Å². The maximum atomic E-state index is 12.8. The molecule has 0 aliphatic carbocycles. The molecule has 1 heterocycles. The van der Waals surface area contributed by atoms with Gasteiger partial charge in [0, 0.05) is 42.4 Å². The highest BCUT2D eigenvalue weighted by atomic mass is 16.2. The third-order valence-corrected chi connectivity index (χ3v) is 5.63. The molecule has 158 valence electrons. The Balaban J connectivity index is 1.59. The Morgan fingerprint density at radius 3 is 2.33 bits per heavy atom. The van der Waals surface area contributed by atoms with Crippen molar-refractivity contribution in [1.29, 1.82) is 0 Å². The Kier molecular flexibility index (Phi) is 6.87. The Morgan fingerprint density at radius 1 is 0.967 bits per heavy atom. The van der Waals surface area contributed by atoms with E-state index in [2.05, 4.69) is 10.6 Å². The molecule has 6 heteroatoms. The first-order valence-corrected chi connectivity index (χ1v) is 10.4. The number of hydrogen-bond donors (Lipinski definition) is 2.